The van der Waals surface area contributed by atoms with E-state index < -0.39 is 0 Å². The van der Waals surface area contributed by atoms with Crippen LogP contribution in [0.3, 0.4) is 0 Å². The van der Waals surface area contributed by atoms with Gasteiger partial charge in [-0.15, -0.1) is 11.8 Å². The third kappa shape index (κ3) is 3.05. The van der Waals surface area contributed by atoms with Crippen molar-refractivity contribution >= 4 is 29.0 Å². The van der Waals surface area contributed by atoms with Gasteiger partial charge in [0.25, 0.3) is 5.91 Å². The molecule has 0 saturated carbocycles. The summed E-state index contributed by atoms with van der Waals surface area (Å²) in [5.41, 5.74) is 7.61. The number of thioether (sulfide) groups is 1. The Morgan fingerprint density at radius 3 is 2.22 bits per heavy atom. The maximum Gasteiger partial charge on any atom is 0.255 e. The molecule has 3 nitrogen and oxygen atoms in total. The number of nitrogens with one attached hydrogen (secondary N) is 1. The van der Waals surface area contributed by atoms with E-state index in [1.165, 1.54) is 4.90 Å². The molecule has 0 bridgehead atoms. The van der Waals surface area contributed by atoms with Crippen molar-refractivity contribution in [2.75, 3.05) is 17.3 Å². The first-order valence-corrected chi connectivity index (χ1v) is 6.72. The standard InChI is InChI=1S/C14H14N2OS/c1-18-13-8-6-12(7-9-13)16-14(17)10-2-4-11(15)5-3-10/h2-9H,15H2,1H3,(H,16,17). The minimum atomic E-state index is -0.132. The highest BCUT2D eigenvalue weighted by molar-refractivity contribution is 7.98. The second kappa shape index (κ2) is 5.60. The Hall–Kier alpha value is -1.94. The molecule has 0 aromatic heterocycles. The smallest absolute Gasteiger partial charge is 0.255 e. The number of amides is 1. The highest BCUT2D eigenvalue weighted by Gasteiger charge is 2.05. The fraction of sp³-hybridized carbons (Fsp3) is 0.0714. The van der Waals surface area contributed by atoms with E-state index in [4.69, 9.17) is 5.73 Å². The summed E-state index contributed by atoms with van der Waals surface area (Å²) in [5.74, 6) is -0.132. The average Bonchev–Trinajstić information content (AvgIpc) is 2.40. The summed E-state index contributed by atoms with van der Waals surface area (Å²) in [5, 5.41) is 2.84. The van der Waals surface area contributed by atoms with E-state index in [1.807, 2.05) is 30.5 Å². The van der Waals surface area contributed by atoms with Gasteiger partial charge in [0.15, 0.2) is 0 Å². The first-order chi connectivity index (χ1) is 8.69. The lowest BCUT2D eigenvalue weighted by molar-refractivity contribution is 0.102. The number of carbonyl (C=O) groups is 1. The molecule has 2 aromatic rings. The summed E-state index contributed by atoms with van der Waals surface area (Å²) in [4.78, 5) is 13.1. The molecule has 0 aliphatic carbocycles. The molecule has 0 atom stereocenters. The number of rotatable bonds is 3. The van der Waals surface area contributed by atoms with Crippen LogP contribution in [0.5, 0.6) is 0 Å². The van der Waals surface area contributed by atoms with Crippen molar-refractivity contribution in [2.45, 2.75) is 4.90 Å². The van der Waals surface area contributed by atoms with Crippen LogP contribution in [0.1, 0.15) is 10.4 Å². The van der Waals surface area contributed by atoms with Gasteiger partial charge in [0.2, 0.25) is 0 Å². The fourth-order valence-electron chi connectivity index (χ4n) is 1.51. The molecule has 2 rings (SSSR count). The van der Waals surface area contributed by atoms with Gasteiger partial charge in [0, 0.05) is 21.8 Å². The number of anilines is 2. The number of carbonyl (C=O) groups excluding carboxylic acids is 1. The Morgan fingerprint density at radius 2 is 1.67 bits per heavy atom. The molecule has 0 fully saturated rings. The predicted molar refractivity (Wildman–Crippen MR) is 77.0 cm³/mol. The van der Waals surface area contributed by atoms with Crippen LogP contribution in [0, 0.1) is 0 Å². The summed E-state index contributed by atoms with van der Waals surface area (Å²) in [6, 6.07) is 14.6. The van der Waals surface area contributed by atoms with Gasteiger partial charge in [-0.25, -0.2) is 0 Å². The normalized spacial score (nSPS) is 10.1. The number of hydrogen-bond acceptors (Lipinski definition) is 3. The lowest BCUT2D eigenvalue weighted by Crippen LogP contribution is -2.11. The molecule has 1 amide bonds. The summed E-state index contributed by atoms with van der Waals surface area (Å²) < 4.78 is 0. The summed E-state index contributed by atoms with van der Waals surface area (Å²) >= 11 is 1.67. The van der Waals surface area contributed by atoms with E-state index in [0.29, 0.717) is 11.3 Å². The number of benzene rings is 2. The molecular formula is C14H14N2OS. The lowest BCUT2D eigenvalue weighted by atomic mass is 10.2. The van der Waals surface area contributed by atoms with Gasteiger partial charge in [0.05, 0.1) is 0 Å². The van der Waals surface area contributed by atoms with Crippen molar-refractivity contribution in [3.05, 3.63) is 54.1 Å². The van der Waals surface area contributed by atoms with Crippen molar-refractivity contribution in [1.29, 1.82) is 0 Å². The van der Waals surface area contributed by atoms with Crippen LogP contribution in [0.2, 0.25) is 0 Å². The highest BCUT2D eigenvalue weighted by Crippen LogP contribution is 2.18. The van der Waals surface area contributed by atoms with Crippen LogP contribution in [0.25, 0.3) is 0 Å². The van der Waals surface area contributed by atoms with Gasteiger partial charge in [-0.05, 0) is 54.8 Å². The summed E-state index contributed by atoms with van der Waals surface area (Å²) in [6.07, 6.45) is 2.02. The molecule has 0 heterocycles. The number of nitrogens with two attached hydrogens (primary N) is 1. The van der Waals surface area contributed by atoms with E-state index in [-0.39, 0.29) is 5.91 Å². The Morgan fingerprint density at radius 1 is 1.06 bits per heavy atom. The first-order valence-electron chi connectivity index (χ1n) is 5.50. The Labute approximate surface area is 110 Å². The maximum absolute atomic E-state index is 11.9. The van der Waals surface area contributed by atoms with Crippen molar-refractivity contribution in [3.63, 3.8) is 0 Å². The molecular weight excluding hydrogens is 244 g/mol. The van der Waals surface area contributed by atoms with E-state index >= 15 is 0 Å². The largest absolute Gasteiger partial charge is 0.399 e. The molecule has 2 aromatic carbocycles. The van der Waals surface area contributed by atoms with Gasteiger partial charge >= 0.3 is 0 Å². The van der Waals surface area contributed by atoms with Gasteiger partial charge in [-0.1, -0.05) is 0 Å². The van der Waals surface area contributed by atoms with Gasteiger partial charge < -0.3 is 11.1 Å². The molecule has 0 saturated heterocycles. The molecule has 18 heavy (non-hydrogen) atoms. The third-order valence-electron chi connectivity index (χ3n) is 2.52. The molecule has 0 spiro atoms. The third-order valence-corrected chi connectivity index (χ3v) is 3.26. The minimum Gasteiger partial charge on any atom is -0.399 e. The highest BCUT2D eigenvalue weighted by atomic mass is 32.2. The molecule has 0 radical (unpaired) electrons. The summed E-state index contributed by atoms with van der Waals surface area (Å²) in [6.45, 7) is 0. The monoisotopic (exact) mass is 258 g/mol. The minimum absolute atomic E-state index is 0.132. The van der Waals surface area contributed by atoms with Crippen molar-refractivity contribution in [2.24, 2.45) is 0 Å². The second-order valence-electron chi connectivity index (χ2n) is 3.80. The van der Waals surface area contributed by atoms with Crippen LogP contribution >= 0.6 is 11.8 Å². The van der Waals surface area contributed by atoms with Crippen molar-refractivity contribution in [1.82, 2.24) is 0 Å². The average molecular weight is 258 g/mol. The van der Waals surface area contributed by atoms with Crippen LogP contribution in [-0.2, 0) is 0 Å². The van der Waals surface area contributed by atoms with Gasteiger partial charge in [0.1, 0.15) is 0 Å². The van der Waals surface area contributed by atoms with E-state index in [9.17, 15) is 4.79 Å². The molecule has 0 aliphatic heterocycles. The number of nitrogen functional groups attached to an aromatic ring is 1. The predicted octanol–water partition coefficient (Wildman–Crippen LogP) is 3.24. The zero-order valence-electron chi connectivity index (χ0n) is 10.0. The van der Waals surface area contributed by atoms with Crippen LogP contribution in [0.15, 0.2) is 53.4 Å². The quantitative estimate of drug-likeness (QED) is 0.656. The van der Waals surface area contributed by atoms with Crippen molar-refractivity contribution < 1.29 is 4.79 Å². The molecule has 4 heteroatoms. The maximum atomic E-state index is 11.9. The first kappa shape index (κ1) is 12.5. The SMILES string of the molecule is CSc1ccc(NC(=O)c2ccc(N)cc2)cc1. The second-order valence-corrected chi connectivity index (χ2v) is 4.68. The number of hydrogen-bond donors (Lipinski definition) is 2. The van der Waals surface area contributed by atoms with Crippen LogP contribution < -0.4 is 11.1 Å². The van der Waals surface area contributed by atoms with E-state index in [1.54, 1.807) is 36.0 Å². The molecule has 3 N–H and O–H groups in total. The topological polar surface area (TPSA) is 55.1 Å². The van der Waals surface area contributed by atoms with Gasteiger partial charge in [-0.2, -0.15) is 0 Å². The van der Waals surface area contributed by atoms with Crippen LogP contribution in [-0.4, -0.2) is 12.2 Å². The Balaban J connectivity index is 2.08. The zero-order chi connectivity index (χ0) is 13.0. The van der Waals surface area contributed by atoms with Gasteiger partial charge in [-0.3, -0.25) is 4.79 Å². The van der Waals surface area contributed by atoms with Crippen LogP contribution in [0.4, 0.5) is 11.4 Å². The van der Waals surface area contributed by atoms with E-state index in [2.05, 4.69) is 5.32 Å². The Bertz CT molecular complexity index is 535. The lowest BCUT2D eigenvalue weighted by Gasteiger charge is -2.06. The van der Waals surface area contributed by atoms with E-state index in [0.717, 1.165) is 5.69 Å². The van der Waals surface area contributed by atoms with Crippen molar-refractivity contribution in [3.8, 4) is 0 Å². The summed E-state index contributed by atoms with van der Waals surface area (Å²) in [7, 11) is 0. The molecule has 0 aliphatic rings. The fourth-order valence-corrected chi connectivity index (χ4v) is 1.92. The molecule has 92 valence electrons. The zero-order valence-corrected chi connectivity index (χ0v) is 10.8. The Kier molecular flexibility index (Phi) is 3.89. The molecule has 0 unspecified atom stereocenters.